The van der Waals surface area contributed by atoms with Gasteiger partial charge in [-0.1, -0.05) is 24.3 Å². The van der Waals surface area contributed by atoms with Crippen molar-refractivity contribution in [2.75, 3.05) is 0 Å². The minimum atomic E-state index is 1.35. The third kappa shape index (κ3) is 1.62. The molecule has 0 aliphatic rings. The van der Waals surface area contributed by atoms with Crippen molar-refractivity contribution >= 4 is 45.4 Å². The molecule has 0 aliphatic heterocycles. The SMILES string of the molecule is Bc1ccc(-c2cc3ccccc3s2)s1. The summed E-state index contributed by atoms with van der Waals surface area (Å²) >= 11 is 3.74. The maximum absolute atomic E-state index is 2.28. The average Bonchev–Trinajstić information content (AvgIpc) is 2.82. The molecule has 15 heavy (non-hydrogen) atoms. The molecule has 0 bridgehead atoms. The van der Waals surface area contributed by atoms with E-state index >= 15 is 0 Å². The molecule has 0 aliphatic carbocycles. The fraction of sp³-hybridized carbons (Fsp3) is 0. The van der Waals surface area contributed by atoms with Crippen LogP contribution in [0.5, 0.6) is 0 Å². The van der Waals surface area contributed by atoms with Crippen LogP contribution >= 0.6 is 22.7 Å². The van der Waals surface area contributed by atoms with Crippen LogP contribution in [0.1, 0.15) is 0 Å². The van der Waals surface area contributed by atoms with Gasteiger partial charge in [-0.2, -0.15) is 11.3 Å². The molecule has 0 saturated carbocycles. The molecule has 0 radical (unpaired) electrons. The Morgan fingerprint density at radius 3 is 2.47 bits per heavy atom. The van der Waals surface area contributed by atoms with Gasteiger partial charge in [-0.15, -0.1) is 11.3 Å². The Morgan fingerprint density at radius 2 is 1.73 bits per heavy atom. The zero-order valence-corrected chi connectivity index (χ0v) is 9.99. The Bertz CT molecular complexity index is 574. The van der Waals surface area contributed by atoms with E-state index < -0.39 is 0 Å². The van der Waals surface area contributed by atoms with Crippen LogP contribution < -0.4 is 4.78 Å². The molecule has 0 saturated heterocycles. The van der Waals surface area contributed by atoms with Gasteiger partial charge in [0.25, 0.3) is 0 Å². The van der Waals surface area contributed by atoms with Crippen LogP contribution in [-0.2, 0) is 0 Å². The van der Waals surface area contributed by atoms with E-state index in [1.54, 1.807) is 0 Å². The van der Waals surface area contributed by atoms with Gasteiger partial charge in [0.15, 0.2) is 7.85 Å². The van der Waals surface area contributed by atoms with E-state index in [0.29, 0.717) is 0 Å². The summed E-state index contributed by atoms with van der Waals surface area (Å²) in [6, 6.07) is 15.2. The Labute approximate surface area is 97.6 Å². The summed E-state index contributed by atoms with van der Waals surface area (Å²) in [6.07, 6.45) is 0. The molecule has 72 valence electrons. The van der Waals surface area contributed by atoms with Gasteiger partial charge in [0.1, 0.15) is 0 Å². The number of hydrogen-bond acceptors (Lipinski definition) is 2. The third-order valence-electron chi connectivity index (χ3n) is 2.41. The Kier molecular flexibility index (Phi) is 2.15. The predicted molar refractivity (Wildman–Crippen MR) is 73.3 cm³/mol. The van der Waals surface area contributed by atoms with Crippen molar-refractivity contribution in [1.82, 2.24) is 0 Å². The standard InChI is InChI=1S/C12H9BS2/c13-12-6-5-10(15-12)11-7-8-3-1-2-4-9(8)14-11/h1-7H,13H2. The molecule has 2 aromatic heterocycles. The maximum Gasteiger partial charge on any atom is 0.152 e. The number of hydrogen-bond donors (Lipinski definition) is 0. The van der Waals surface area contributed by atoms with Gasteiger partial charge >= 0.3 is 0 Å². The van der Waals surface area contributed by atoms with Crippen LogP contribution in [0.25, 0.3) is 19.8 Å². The summed E-state index contributed by atoms with van der Waals surface area (Å²) in [7, 11) is 2.15. The molecule has 0 atom stereocenters. The van der Waals surface area contributed by atoms with Crippen molar-refractivity contribution in [3.05, 3.63) is 42.5 Å². The van der Waals surface area contributed by atoms with Crippen LogP contribution in [-0.4, -0.2) is 7.85 Å². The van der Waals surface area contributed by atoms with Gasteiger partial charge in [0.2, 0.25) is 0 Å². The first-order valence-corrected chi connectivity index (χ1v) is 6.51. The van der Waals surface area contributed by atoms with Gasteiger partial charge in [-0.05, 0) is 28.4 Å². The molecule has 0 spiro atoms. The van der Waals surface area contributed by atoms with E-state index in [2.05, 4.69) is 50.3 Å². The summed E-state index contributed by atoms with van der Waals surface area (Å²) < 4.78 is 2.75. The molecule has 0 fully saturated rings. The summed E-state index contributed by atoms with van der Waals surface area (Å²) in [6.45, 7) is 0. The zero-order valence-electron chi connectivity index (χ0n) is 8.36. The molecule has 0 nitrogen and oxygen atoms in total. The van der Waals surface area contributed by atoms with Gasteiger partial charge < -0.3 is 0 Å². The summed E-state index contributed by atoms with van der Waals surface area (Å²) in [5.41, 5.74) is 0. The van der Waals surface area contributed by atoms with Crippen LogP contribution in [0, 0.1) is 0 Å². The largest absolute Gasteiger partial charge is 0.152 e. The maximum atomic E-state index is 2.28. The monoisotopic (exact) mass is 228 g/mol. The van der Waals surface area contributed by atoms with E-state index in [4.69, 9.17) is 0 Å². The summed E-state index contributed by atoms with van der Waals surface area (Å²) in [5.74, 6) is 0. The molecule has 3 rings (SSSR count). The van der Waals surface area contributed by atoms with Gasteiger partial charge in [0, 0.05) is 14.5 Å². The zero-order chi connectivity index (χ0) is 10.3. The predicted octanol–water partition coefficient (Wildman–Crippen LogP) is 2.89. The van der Waals surface area contributed by atoms with Crippen molar-refractivity contribution < 1.29 is 0 Å². The Morgan fingerprint density at radius 1 is 0.867 bits per heavy atom. The van der Waals surface area contributed by atoms with Crippen molar-refractivity contribution in [1.29, 1.82) is 0 Å². The summed E-state index contributed by atoms with van der Waals surface area (Å²) in [5, 5.41) is 1.35. The first kappa shape index (κ1) is 9.19. The first-order valence-electron chi connectivity index (χ1n) is 4.88. The second kappa shape index (κ2) is 3.51. The molecule has 3 heteroatoms. The molecular formula is C12H9BS2. The number of rotatable bonds is 1. The van der Waals surface area contributed by atoms with Crippen molar-refractivity contribution in [3.63, 3.8) is 0 Å². The van der Waals surface area contributed by atoms with Crippen LogP contribution in [0.4, 0.5) is 0 Å². The fourth-order valence-electron chi connectivity index (χ4n) is 1.67. The Balaban J connectivity index is 2.19. The molecule has 0 unspecified atom stereocenters. The highest BCUT2D eigenvalue weighted by atomic mass is 32.1. The average molecular weight is 228 g/mol. The molecular weight excluding hydrogens is 219 g/mol. The lowest BCUT2D eigenvalue weighted by Gasteiger charge is -1.86. The van der Waals surface area contributed by atoms with E-state index in [1.807, 2.05) is 22.7 Å². The second-order valence-corrected chi connectivity index (χ2v) is 5.93. The van der Waals surface area contributed by atoms with Crippen LogP contribution in [0.15, 0.2) is 42.5 Å². The lowest BCUT2D eigenvalue weighted by atomic mass is 10.1. The normalized spacial score (nSPS) is 10.9. The molecule has 0 amide bonds. The van der Waals surface area contributed by atoms with Crippen molar-refractivity contribution in [2.24, 2.45) is 0 Å². The summed E-state index contributed by atoms with van der Waals surface area (Å²) in [4.78, 5) is 2.77. The number of benzene rings is 1. The highest BCUT2D eigenvalue weighted by Gasteiger charge is 2.04. The molecule has 1 aromatic carbocycles. The topological polar surface area (TPSA) is 0 Å². The highest BCUT2D eigenvalue weighted by Crippen LogP contribution is 2.34. The van der Waals surface area contributed by atoms with Crippen LogP contribution in [0.2, 0.25) is 0 Å². The minimum Gasteiger partial charge on any atom is -0.150 e. The second-order valence-electron chi connectivity index (χ2n) is 3.56. The lowest BCUT2D eigenvalue weighted by Crippen LogP contribution is -1.88. The smallest absolute Gasteiger partial charge is 0.150 e. The highest BCUT2D eigenvalue weighted by molar-refractivity contribution is 7.28. The van der Waals surface area contributed by atoms with E-state index in [9.17, 15) is 0 Å². The third-order valence-corrected chi connectivity index (χ3v) is 4.72. The fourth-order valence-corrected chi connectivity index (χ4v) is 3.68. The lowest BCUT2D eigenvalue weighted by molar-refractivity contribution is 1.85. The quantitative estimate of drug-likeness (QED) is 0.562. The van der Waals surface area contributed by atoms with Gasteiger partial charge in [-0.25, -0.2) is 0 Å². The van der Waals surface area contributed by atoms with E-state index in [1.165, 1.54) is 24.6 Å². The molecule has 3 aromatic rings. The van der Waals surface area contributed by atoms with Gasteiger partial charge in [0.05, 0.1) is 0 Å². The van der Waals surface area contributed by atoms with E-state index in [0.717, 1.165) is 0 Å². The molecule has 0 N–H and O–H groups in total. The Hall–Kier alpha value is -1.06. The number of thiophene rings is 2. The first-order chi connectivity index (χ1) is 7.33. The van der Waals surface area contributed by atoms with Crippen LogP contribution in [0.3, 0.4) is 0 Å². The number of fused-ring (bicyclic) bond motifs is 1. The van der Waals surface area contributed by atoms with E-state index in [-0.39, 0.29) is 0 Å². The van der Waals surface area contributed by atoms with Crippen molar-refractivity contribution in [2.45, 2.75) is 0 Å². The van der Waals surface area contributed by atoms with Gasteiger partial charge in [-0.3, -0.25) is 0 Å². The minimum absolute atomic E-state index is 1.35. The molecule has 2 heterocycles. The van der Waals surface area contributed by atoms with Crippen molar-refractivity contribution in [3.8, 4) is 9.75 Å².